The fraction of sp³-hybridized carbons (Fsp3) is 0.500. The van der Waals surface area contributed by atoms with Crippen molar-refractivity contribution in [1.82, 2.24) is 14.7 Å². The summed E-state index contributed by atoms with van der Waals surface area (Å²) in [5.41, 5.74) is 2.55. The predicted octanol–water partition coefficient (Wildman–Crippen LogP) is 4.20. The van der Waals surface area contributed by atoms with Gasteiger partial charge in [0.05, 0.1) is 17.9 Å². The normalized spacial score (nSPS) is 21.0. The Kier molecular flexibility index (Phi) is 7.18. The first-order valence-electron chi connectivity index (χ1n) is 12.3. The summed E-state index contributed by atoms with van der Waals surface area (Å²) < 4.78 is 0. The number of carbonyl (C=O) groups excluding carboxylic acids is 2. The second-order valence-electron chi connectivity index (χ2n) is 9.97. The molecule has 0 bridgehead atoms. The third-order valence-corrected chi connectivity index (χ3v) is 7.01. The van der Waals surface area contributed by atoms with Gasteiger partial charge in [-0.25, -0.2) is 0 Å². The van der Waals surface area contributed by atoms with E-state index in [2.05, 4.69) is 65.6 Å². The van der Waals surface area contributed by atoms with Gasteiger partial charge < -0.3 is 9.80 Å². The average Bonchev–Trinajstić information content (AvgIpc) is 3.61. The molecule has 0 radical (unpaired) electrons. The number of benzene rings is 2. The van der Waals surface area contributed by atoms with Crippen molar-refractivity contribution in [3.05, 3.63) is 71.8 Å². The molecule has 0 N–H and O–H groups in total. The Bertz CT molecular complexity index is 889. The number of hydrogen-bond acceptors (Lipinski definition) is 3. The lowest BCUT2D eigenvalue weighted by Gasteiger charge is -2.40. The first-order valence-corrected chi connectivity index (χ1v) is 12.3. The number of nitrogens with zero attached hydrogens (tertiary/aromatic N) is 3. The van der Waals surface area contributed by atoms with Crippen LogP contribution in [0, 0.1) is 11.8 Å². The first kappa shape index (κ1) is 23.5. The molecule has 2 aromatic carbocycles. The van der Waals surface area contributed by atoms with Crippen molar-refractivity contribution in [2.24, 2.45) is 11.8 Å². The SMILES string of the molecule is CC(C)N(C(=O)C1CC1C(=O)N1CCN(C(c2ccccc2)c2ccccc2)CC1)C(C)C. The van der Waals surface area contributed by atoms with Gasteiger partial charge in [0, 0.05) is 38.3 Å². The molecule has 0 spiro atoms. The minimum absolute atomic E-state index is 0.136. The van der Waals surface area contributed by atoms with Gasteiger partial charge in [0.2, 0.25) is 11.8 Å². The van der Waals surface area contributed by atoms with E-state index in [1.807, 2.05) is 37.5 Å². The van der Waals surface area contributed by atoms with Crippen LogP contribution in [0.25, 0.3) is 0 Å². The molecular formula is C28H37N3O2. The van der Waals surface area contributed by atoms with Crippen LogP contribution in [0.4, 0.5) is 0 Å². The van der Waals surface area contributed by atoms with Crippen molar-refractivity contribution in [3.63, 3.8) is 0 Å². The molecule has 2 fully saturated rings. The lowest BCUT2D eigenvalue weighted by Crippen LogP contribution is -2.50. The van der Waals surface area contributed by atoms with Crippen LogP contribution in [-0.4, -0.2) is 64.8 Å². The third kappa shape index (κ3) is 5.14. The molecule has 2 aromatic rings. The Labute approximate surface area is 198 Å². The van der Waals surface area contributed by atoms with E-state index in [0.717, 1.165) is 13.1 Å². The van der Waals surface area contributed by atoms with Crippen molar-refractivity contribution in [2.45, 2.75) is 52.2 Å². The highest BCUT2D eigenvalue weighted by atomic mass is 16.2. The van der Waals surface area contributed by atoms with Crippen LogP contribution in [0.5, 0.6) is 0 Å². The molecule has 4 rings (SSSR count). The summed E-state index contributed by atoms with van der Waals surface area (Å²) in [4.78, 5) is 32.6. The topological polar surface area (TPSA) is 43.9 Å². The van der Waals surface area contributed by atoms with Crippen molar-refractivity contribution in [2.75, 3.05) is 26.2 Å². The van der Waals surface area contributed by atoms with Crippen LogP contribution in [0.2, 0.25) is 0 Å². The summed E-state index contributed by atoms with van der Waals surface area (Å²) in [7, 11) is 0. The molecule has 1 aliphatic carbocycles. The van der Waals surface area contributed by atoms with Gasteiger partial charge in [0.25, 0.3) is 0 Å². The number of rotatable bonds is 7. The quantitative estimate of drug-likeness (QED) is 0.639. The van der Waals surface area contributed by atoms with E-state index in [0.29, 0.717) is 19.5 Å². The highest BCUT2D eigenvalue weighted by molar-refractivity contribution is 5.92. The first-order chi connectivity index (χ1) is 15.9. The zero-order valence-electron chi connectivity index (χ0n) is 20.4. The lowest BCUT2D eigenvalue weighted by molar-refractivity contribution is -0.141. The second-order valence-corrected chi connectivity index (χ2v) is 9.97. The van der Waals surface area contributed by atoms with E-state index in [1.54, 1.807) is 0 Å². The van der Waals surface area contributed by atoms with Gasteiger partial charge in [-0.2, -0.15) is 0 Å². The maximum atomic E-state index is 13.2. The van der Waals surface area contributed by atoms with Gasteiger partial charge in [-0.3, -0.25) is 14.5 Å². The van der Waals surface area contributed by atoms with Crippen LogP contribution in [0.1, 0.15) is 51.3 Å². The van der Waals surface area contributed by atoms with Crippen LogP contribution >= 0.6 is 0 Å². The average molecular weight is 448 g/mol. The largest absolute Gasteiger partial charge is 0.340 e. The van der Waals surface area contributed by atoms with Crippen molar-refractivity contribution in [1.29, 1.82) is 0 Å². The predicted molar refractivity (Wildman–Crippen MR) is 132 cm³/mol. The Morgan fingerprint density at radius 2 is 1.24 bits per heavy atom. The molecule has 1 saturated heterocycles. The Balaban J connectivity index is 1.39. The maximum absolute atomic E-state index is 13.2. The molecule has 176 valence electrons. The van der Waals surface area contributed by atoms with Crippen LogP contribution in [-0.2, 0) is 9.59 Å². The third-order valence-electron chi connectivity index (χ3n) is 7.01. The van der Waals surface area contributed by atoms with Crippen LogP contribution in [0.3, 0.4) is 0 Å². The molecule has 5 heteroatoms. The number of carbonyl (C=O) groups is 2. The molecule has 33 heavy (non-hydrogen) atoms. The number of piperazine rings is 1. The standard InChI is InChI=1S/C28H37N3O2/c1-20(2)31(21(3)4)28(33)25-19-24(25)27(32)30-17-15-29(16-18-30)26(22-11-7-5-8-12-22)23-13-9-6-10-14-23/h5-14,20-21,24-26H,15-19H2,1-4H3. The molecule has 2 amide bonds. The molecule has 2 unspecified atom stereocenters. The zero-order chi connectivity index (χ0) is 23.5. The highest BCUT2D eigenvalue weighted by Gasteiger charge is 2.51. The Hall–Kier alpha value is -2.66. The molecule has 0 aromatic heterocycles. The molecule has 1 aliphatic heterocycles. The fourth-order valence-electron chi connectivity index (χ4n) is 5.36. The highest BCUT2D eigenvalue weighted by Crippen LogP contribution is 2.42. The van der Waals surface area contributed by atoms with Gasteiger partial charge in [-0.05, 0) is 45.2 Å². The Morgan fingerprint density at radius 3 is 1.70 bits per heavy atom. The smallest absolute Gasteiger partial charge is 0.226 e. The van der Waals surface area contributed by atoms with E-state index in [9.17, 15) is 9.59 Å². The van der Waals surface area contributed by atoms with E-state index < -0.39 is 0 Å². The second kappa shape index (κ2) is 10.1. The van der Waals surface area contributed by atoms with Crippen LogP contribution < -0.4 is 0 Å². The molecular weight excluding hydrogens is 410 g/mol. The summed E-state index contributed by atoms with van der Waals surface area (Å²) in [6.07, 6.45) is 0.699. The van der Waals surface area contributed by atoms with Gasteiger partial charge in [-0.1, -0.05) is 60.7 Å². The van der Waals surface area contributed by atoms with Crippen molar-refractivity contribution < 1.29 is 9.59 Å². The molecule has 1 heterocycles. The van der Waals surface area contributed by atoms with Crippen LogP contribution in [0.15, 0.2) is 60.7 Å². The number of hydrogen-bond donors (Lipinski definition) is 0. The summed E-state index contributed by atoms with van der Waals surface area (Å²) in [5.74, 6) is 0.0337. The molecule has 5 nitrogen and oxygen atoms in total. The minimum atomic E-state index is -0.137. The molecule has 2 aliphatic rings. The van der Waals surface area contributed by atoms with E-state index in [1.165, 1.54) is 11.1 Å². The summed E-state index contributed by atoms with van der Waals surface area (Å²) >= 11 is 0. The molecule has 2 atom stereocenters. The van der Waals surface area contributed by atoms with Crippen molar-refractivity contribution >= 4 is 11.8 Å². The lowest BCUT2D eigenvalue weighted by atomic mass is 9.96. The van der Waals surface area contributed by atoms with Gasteiger partial charge in [0.15, 0.2) is 0 Å². The summed E-state index contributed by atoms with van der Waals surface area (Å²) in [5, 5.41) is 0. The van der Waals surface area contributed by atoms with Gasteiger partial charge in [0.1, 0.15) is 0 Å². The van der Waals surface area contributed by atoms with Gasteiger partial charge in [-0.15, -0.1) is 0 Å². The maximum Gasteiger partial charge on any atom is 0.226 e. The zero-order valence-corrected chi connectivity index (χ0v) is 20.4. The number of amides is 2. The monoisotopic (exact) mass is 447 g/mol. The minimum Gasteiger partial charge on any atom is -0.340 e. The van der Waals surface area contributed by atoms with E-state index in [4.69, 9.17) is 0 Å². The van der Waals surface area contributed by atoms with Gasteiger partial charge >= 0.3 is 0 Å². The molecule has 1 saturated carbocycles. The van der Waals surface area contributed by atoms with E-state index >= 15 is 0 Å². The fourth-order valence-corrected chi connectivity index (χ4v) is 5.36. The Morgan fingerprint density at radius 1 is 0.758 bits per heavy atom. The van der Waals surface area contributed by atoms with E-state index in [-0.39, 0.29) is 41.8 Å². The summed E-state index contributed by atoms with van der Waals surface area (Å²) in [6.45, 7) is 11.3. The summed E-state index contributed by atoms with van der Waals surface area (Å²) in [6, 6.07) is 21.7. The van der Waals surface area contributed by atoms with Crippen molar-refractivity contribution in [3.8, 4) is 0 Å².